The Morgan fingerprint density at radius 2 is 1.75 bits per heavy atom. The van der Waals surface area contributed by atoms with Gasteiger partial charge >= 0.3 is 0 Å². The third-order valence-electron chi connectivity index (χ3n) is 5.55. The van der Waals surface area contributed by atoms with Gasteiger partial charge in [-0.1, -0.05) is 23.2 Å². The van der Waals surface area contributed by atoms with E-state index in [1.165, 1.54) is 4.57 Å². The number of amides is 1. The molecule has 2 heterocycles. The molecule has 1 amide bonds. The van der Waals surface area contributed by atoms with Gasteiger partial charge in [-0.3, -0.25) is 14.2 Å². The second kappa shape index (κ2) is 7.86. The van der Waals surface area contributed by atoms with Crippen LogP contribution in [0.3, 0.4) is 0 Å². The van der Waals surface area contributed by atoms with Crippen LogP contribution in [0.2, 0.25) is 5.02 Å². The van der Waals surface area contributed by atoms with Gasteiger partial charge in [0.05, 0.1) is 27.9 Å². The van der Waals surface area contributed by atoms with Crippen molar-refractivity contribution >= 4 is 68.3 Å². The highest BCUT2D eigenvalue weighted by molar-refractivity contribution is 14.1. The minimum atomic E-state index is -0.203. The van der Waals surface area contributed by atoms with Crippen molar-refractivity contribution in [1.82, 2.24) is 9.55 Å². The summed E-state index contributed by atoms with van der Waals surface area (Å²) in [5, 5.41) is 1.09. The molecule has 0 atom stereocenters. The average molecular weight is 554 g/mol. The average Bonchev–Trinajstić information content (AvgIpc) is 3.00. The highest BCUT2D eigenvalue weighted by atomic mass is 127. The summed E-state index contributed by atoms with van der Waals surface area (Å²) in [6.07, 6.45) is 1.71. The molecule has 0 bridgehead atoms. The molecule has 0 saturated heterocycles. The zero-order chi connectivity index (χ0) is 22.6. The number of hydrogen-bond donors (Lipinski definition) is 0. The fourth-order valence-electron chi connectivity index (χ4n) is 3.94. The van der Waals surface area contributed by atoms with Gasteiger partial charge in [0.25, 0.3) is 11.5 Å². The van der Waals surface area contributed by atoms with E-state index in [2.05, 4.69) is 22.6 Å². The number of carbonyl (C=O) groups is 1. The molecule has 0 unspecified atom stereocenters. The minimum Gasteiger partial charge on any atom is -0.311 e. The topological polar surface area (TPSA) is 55.2 Å². The second-order valence-corrected chi connectivity index (χ2v) is 9.37. The van der Waals surface area contributed by atoms with Crippen LogP contribution in [0.5, 0.6) is 0 Å². The molecular formula is C25H17ClIN3O2. The van der Waals surface area contributed by atoms with Crippen molar-refractivity contribution in [2.75, 3.05) is 11.9 Å². The Hall–Kier alpha value is -2.97. The van der Waals surface area contributed by atoms with Gasteiger partial charge in [-0.15, -0.1) is 0 Å². The predicted octanol–water partition coefficient (Wildman–Crippen LogP) is 5.47. The minimum absolute atomic E-state index is 0.134. The van der Waals surface area contributed by atoms with E-state index < -0.39 is 0 Å². The van der Waals surface area contributed by atoms with Crippen LogP contribution in [0.4, 0.5) is 5.69 Å². The van der Waals surface area contributed by atoms with Crippen LogP contribution in [-0.2, 0) is 4.79 Å². The van der Waals surface area contributed by atoms with Crippen LogP contribution in [0.1, 0.15) is 17.0 Å². The first-order chi connectivity index (χ1) is 15.3. The Bertz CT molecular complexity index is 1510. The summed E-state index contributed by atoms with van der Waals surface area (Å²) >= 11 is 8.25. The molecule has 7 heteroatoms. The maximum Gasteiger partial charge on any atom is 0.266 e. The number of hydrogen-bond acceptors (Lipinski definition) is 3. The number of halogens is 2. The lowest BCUT2D eigenvalue weighted by molar-refractivity contribution is -0.112. The molecule has 0 fully saturated rings. The Morgan fingerprint density at radius 3 is 2.50 bits per heavy atom. The molecule has 1 aliphatic heterocycles. The number of carbonyl (C=O) groups excluding carboxylic acids is 1. The highest BCUT2D eigenvalue weighted by Crippen LogP contribution is 2.37. The summed E-state index contributed by atoms with van der Waals surface area (Å²) in [5.74, 6) is 0.252. The van der Waals surface area contributed by atoms with Crippen molar-refractivity contribution in [1.29, 1.82) is 0 Å². The van der Waals surface area contributed by atoms with E-state index in [1.807, 2.05) is 43.3 Å². The first-order valence-corrected chi connectivity index (χ1v) is 11.4. The van der Waals surface area contributed by atoms with E-state index in [0.29, 0.717) is 33.0 Å². The Morgan fingerprint density at radius 1 is 1.00 bits per heavy atom. The Labute approximate surface area is 203 Å². The van der Waals surface area contributed by atoms with E-state index in [-0.39, 0.29) is 11.5 Å². The molecule has 0 aliphatic carbocycles. The lowest BCUT2D eigenvalue weighted by Gasteiger charge is -2.12. The molecule has 5 rings (SSSR count). The molecule has 0 spiro atoms. The standard InChI is InChI=1S/C25H17ClIN3O2/c1-14-3-10-22-18(11-14)19(24(31)29(22)2)13-23-28-21-9-6-16(27)12-20(21)25(32)30(23)17-7-4-15(26)5-8-17/h3-13H,1-2H3. The molecule has 0 N–H and O–H groups in total. The fraction of sp³-hybridized carbons (Fsp3) is 0.0800. The molecule has 0 radical (unpaired) electrons. The normalized spacial score (nSPS) is 14.4. The van der Waals surface area contributed by atoms with Crippen LogP contribution in [0, 0.1) is 10.5 Å². The summed E-state index contributed by atoms with van der Waals surface area (Å²) in [6.45, 7) is 1.99. The van der Waals surface area contributed by atoms with E-state index >= 15 is 0 Å². The highest BCUT2D eigenvalue weighted by Gasteiger charge is 2.30. The first kappa shape index (κ1) is 20.9. The molecule has 0 saturated carbocycles. The number of nitrogens with zero attached hydrogens (tertiary/aromatic N) is 3. The van der Waals surface area contributed by atoms with Gasteiger partial charge in [-0.05, 0) is 90.2 Å². The van der Waals surface area contributed by atoms with Crippen molar-refractivity contribution in [3.05, 3.63) is 96.6 Å². The van der Waals surface area contributed by atoms with E-state index in [4.69, 9.17) is 16.6 Å². The van der Waals surface area contributed by atoms with Crippen molar-refractivity contribution in [2.24, 2.45) is 0 Å². The Kier molecular flexibility index (Phi) is 5.14. The van der Waals surface area contributed by atoms with Crippen molar-refractivity contribution in [3.8, 4) is 5.69 Å². The van der Waals surface area contributed by atoms with Gasteiger partial charge in [0.15, 0.2) is 0 Å². The van der Waals surface area contributed by atoms with E-state index in [0.717, 1.165) is 20.4 Å². The van der Waals surface area contributed by atoms with Crippen molar-refractivity contribution in [3.63, 3.8) is 0 Å². The summed E-state index contributed by atoms with van der Waals surface area (Å²) in [4.78, 5) is 33.0. The lowest BCUT2D eigenvalue weighted by atomic mass is 10.0. The van der Waals surface area contributed by atoms with E-state index in [1.54, 1.807) is 42.3 Å². The number of aryl methyl sites for hydroxylation is 1. The fourth-order valence-corrected chi connectivity index (χ4v) is 4.56. The number of fused-ring (bicyclic) bond motifs is 2. The third-order valence-corrected chi connectivity index (χ3v) is 6.48. The maximum absolute atomic E-state index is 13.6. The van der Waals surface area contributed by atoms with Gasteiger partial charge in [0.2, 0.25) is 0 Å². The molecule has 1 aromatic heterocycles. The van der Waals surface area contributed by atoms with Crippen LogP contribution in [-0.4, -0.2) is 22.5 Å². The third kappa shape index (κ3) is 3.43. The van der Waals surface area contributed by atoms with Crippen LogP contribution in [0.25, 0.3) is 28.2 Å². The largest absolute Gasteiger partial charge is 0.311 e. The molecule has 3 aromatic carbocycles. The van der Waals surface area contributed by atoms with Gasteiger partial charge in [-0.2, -0.15) is 0 Å². The Balaban J connectivity index is 1.83. The molecule has 5 nitrogen and oxygen atoms in total. The predicted molar refractivity (Wildman–Crippen MR) is 138 cm³/mol. The lowest BCUT2D eigenvalue weighted by Crippen LogP contribution is -2.23. The summed E-state index contributed by atoms with van der Waals surface area (Å²) in [5.41, 5.74) is 4.23. The number of rotatable bonds is 2. The van der Waals surface area contributed by atoms with Gasteiger partial charge in [-0.25, -0.2) is 4.98 Å². The molecule has 1 aliphatic rings. The summed E-state index contributed by atoms with van der Waals surface area (Å²) < 4.78 is 2.47. The number of benzene rings is 3. The van der Waals surface area contributed by atoms with Crippen LogP contribution >= 0.6 is 34.2 Å². The molecule has 32 heavy (non-hydrogen) atoms. The number of likely N-dealkylation sites (N-methyl/N-ethyl adjacent to an activating group) is 1. The quantitative estimate of drug-likeness (QED) is 0.244. The molecule has 158 valence electrons. The van der Waals surface area contributed by atoms with Crippen LogP contribution in [0.15, 0.2) is 65.5 Å². The SMILES string of the molecule is Cc1ccc2c(c1)C(=Cc1nc3ccc(I)cc3c(=O)n1-c1ccc(Cl)cc1)C(=O)N2C. The van der Waals surface area contributed by atoms with Gasteiger partial charge in [0.1, 0.15) is 5.82 Å². The molecule has 4 aromatic rings. The van der Waals surface area contributed by atoms with Crippen molar-refractivity contribution in [2.45, 2.75) is 6.92 Å². The molecular weight excluding hydrogens is 537 g/mol. The monoisotopic (exact) mass is 553 g/mol. The second-order valence-electron chi connectivity index (χ2n) is 7.69. The van der Waals surface area contributed by atoms with Gasteiger partial charge in [0, 0.05) is 21.2 Å². The van der Waals surface area contributed by atoms with Crippen LogP contribution < -0.4 is 10.5 Å². The maximum atomic E-state index is 13.6. The van der Waals surface area contributed by atoms with Crippen molar-refractivity contribution < 1.29 is 4.79 Å². The first-order valence-electron chi connectivity index (χ1n) is 9.92. The van der Waals surface area contributed by atoms with Gasteiger partial charge < -0.3 is 4.90 Å². The zero-order valence-electron chi connectivity index (χ0n) is 17.3. The number of aromatic nitrogens is 2. The summed E-state index contributed by atoms with van der Waals surface area (Å²) in [6, 6.07) is 18.5. The zero-order valence-corrected chi connectivity index (χ0v) is 20.2. The summed E-state index contributed by atoms with van der Waals surface area (Å²) in [7, 11) is 1.75. The smallest absolute Gasteiger partial charge is 0.266 e. The van der Waals surface area contributed by atoms with E-state index in [9.17, 15) is 9.59 Å². The number of anilines is 1.